The van der Waals surface area contributed by atoms with E-state index in [1.807, 2.05) is 0 Å². The Morgan fingerprint density at radius 3 is 2.22 bits per heavy atom. The fourth-order valence-corrected chi connectivity index (χ4v) is 4.92. The monoisotopic (exact) mass is 552 g/mol. The second-order valence-electron chi connectivity index (χ2n) is 8.77. The molecule has 3 aromatic carbocycles. The smallest absolute Gasteiger partial charge is 0.416 e. The van der Waals surface area contributed by atoms with Crippen LogP contribution in [0.3, 0.4) is 0 Å². The summed E-state index contributed by atoms with van der Waals surface area (Å²) in [4.78, 5) is 16.3. The van der Waals surface area contributed by atoms with Gasteiger partial charge in [-0.2, -0.15) is 13.2 Å². The third-order valence-corrected chi connectivity index (χ3v) is 7.17. The molecule has 1 aliphatic heterocycles. The Kier molecular flexibility index (Phi) is 7.70. The number of halogens is 4. The van der Waals surface area contributed by atoms with Crippen molar-refractivity contribution in [1.82, 2.24) is 4.90 Å². The number of nitrogens with zero attached hydrogens (tertiary/aromatic N) is 2. The largest absolute Gasteiger partial charge is 0.457 e. The lowest BCUT2D eigenvalue weighted by Gasteiger charge is -2.24. The van der Waals surface area contributed by atoms with Crippen LogP contribution in [-0.4, -0.2) is 44.4 Å². The van der Waals surface area contributed by atoms with Crippen molar-refractivity contribution in [1.29, 1.82) is 0 Å². The van der Waals surface area contributed by atoms with Crippen LogP contribution in [0.1, 0.15) is 23.6 Å². The van der Waals surface area contributed by atoms with E-state index in [1.54, 1.807) is 54.6 Å². The molecule has 2 amide bonds. The van der Waals surface area contributed by atoms with E-state index in [0.29, 0.717) is 27.8 Å². The molecule has 0 N–H and O–H groups in total. The highest BCUT2D eigenvalue weighted by Crippen LogP contribution is 2.38. The minimum atomic E-state index is -4.53. The predicted molar refractivity (Wildman–Crippen MR) is 136 cm³/mol. The summed E-state index contributed by atoms with van der Waals surface area (Å²) in [6.45, 7) is 0.280. The summed E-state index contributed by atoms with van der Waals surface area (Å²) in [5.74, 6) is 0.966. The number of ether oxygens (including phenoxy) is 1. The first-order valence-electron chi connectivity index (χ1n) is 11.4. The Labute approximate surface area is 218 Å². The summed E-state index contributed by atoms with van der Waals surface area (Å²) in [5.41, 5.74) is -0.00334. The first-order valence-corrected chi connectivity index (χ1v) is 13.8. The number of carbonyl (C=O) groups is 1. The number of anilines is 1. The van der Waals surface area contributed by atoms with Crippen molar-refractivity contribution < 1.29 is 31.1 Å². The Hall–Kier alpha value is -3.24. The Morgan fingerprint density at radius 2 is 1.62 bits per heavy atom. The molecule has 0 spiro atoms. The van der Waals surface area contributed by atoms with Gasteiger partial charge in [0.15, 0.2) is 0 Å². The molecule has 0 bridgehead atoms. The molecule has 0 aromatic heterocycles. The lowest BCUT2D eigenvalue weighted by atomic mass is 10.0. The van der Waals surface area contributed by atoms with Crippen molar-refractivity contribution in [2.75, 3.05) is 30.0 Å². The number of rotatable bonds is 8. The molecule has 0 radical (unpaired) electrons. The zero-order valence-electron chi connectivity index (χ0n) is 19.8. The van der Waals surface area contributed by atoms with Crippen LogP contribution in [0.5, 0.6) is 11.5 Å². The number of benzene rings is 3. The van der Waals surface area contributed by atoms with Gasteiger partial charge in [0.1, 0.15) is 21.3 Å². The van der Waals surface area contributed by atoms with Crippen molar-refractivity contribution in [2.24, 2.45) is 0 Å². The van der Waals surface area contributed by atoms with E-state index in [9.17, 15) is 26.4 Å². The van der Waals surface area contributed by atoms with Gasteiger partial charge in [-0.1, -0.05) is 23.7 Å². The molecule has 1 fully saturated rings. The number of sulfone groups is 1. The number of hydrogen-bond acceptors (Lipinski definition) is 4. The van der Waals surface area contributed by atoms with Gasteiger partial charge in [0.25, 0.3) is 0 Å². The maximum absolute atomic E-state index is 13.4. The van der Waals surface area contributed by atoms with Gasteiger partial charge in [-0.25, -0.2) is 13.2 Å². The molecule has 1 saturated heterocycles. The summed E-state index contributed by atoms with van der Waals surface area (Å²) in [5, 5.41) is 0.567. The zero-order chi connectivity index (χ0) is 26.8. The topological polar surface area (TPSA) is 66.9 Å². The molecule has 37 heavy (non-hydrogen) atoms. The van der Waals surface area contributed by atoms with Gasteiger partial charge in [0, 0.05) is 30.1 Å². The average Bonchev–Trinajstić information content (AvgIpc) is 3.16. The average molecular weight is 553 g/mol. The number of amides is 2. The molecular weight excluding hydrogens is 529 g/mol. The first kappa shape index (κ1) is 26.8. The van der Waals surface area contributed by atoms with Crippen LogP contribution in [0.15, 0.2) is 72.8 Å². The number of carbonyl (C=O) groups excluding carboxylic acids is 1. The molecule has 6 nitrogen and oxygen atoms in total. The van der Waals surface area contributed by atoms with E-state index in [1.165, 1.54) is 15.9 Å². The van der Waals surface area contributed by atoms with E-state index < -0.39 is 33.6 Å². The lowest BCUT2D eigenvalue weighted by molar-refractivity contribution is -0.137. The lowest BCUT2D eigenvalue weighted by Crippen LogP contribution is -2.33. The molecule has 1 aliphatic rings. The standard InChI is InChI=1S/C26H24ClF3N2O4S/c1-37(34,35)15-3-14-31-17-24(18-4-2-5-19(16-18)26(28,29)30)32(25(31)33)21-8-12-23(13-9-21)36-22-10-6-20(27)7-11-22/h2,4-13,16,24H,3,14-15,17H2,1H3. The first-order chi connectivity index (χ1) is 17.4. The second kappa shape index (κ2) is 10.6. The van der Waals surface area contributed by atoms with E-state index in [4.69, 9.17) is 16.3 Å². The third kappa shape index (κ3) is 6.75. The van der Waals surface area contributed by atoms with E-state index in [0.717, 1.165) is 18.4 Å². The molecule has 3 aromatic rings. The highest BCUT2D eigenvalue weighted by atomic mass is 35.5. The fraction of sp³-hybridized carbons (Fsp3) is 0.269. The van der Waals surface area contributed by atoms with Gasteiger partial charge in [-0.15, -0.1) is 0 Å². The quantitative estimate of drug-likeness (QED) is 0.317. The molecule has 1 atom stereocenters. The highest BCUT2D eigenvalue weighted by molar-refractivity contribution is 7.90. The maximum Gasteiger partial charge on any atom is 0.416 e. The normalized spacial score (nSPS) is 16.4. The van der Waals surface area contributed by atoms with Gasteiger partial charge in [-0.05, 0) is 72.6 Å². The van der Waals surface area contributed by atoms with Crippen LogP contribution in [0.4, 0.5) is 23.7 Å². The van der Waals surface area contributed by atoms with Crippen molar-refractivity contribution in [3.63, 3.8) is 0 Å². The summed E-state index contributed by atoms with van der Waals surface area (Å²) in [6, 6.07) is 17.2. The van der Waals surface area contributed by atoms with Gasteiger partial charge >= 0.3 is 12.2 Å². The SMILES string of the molecule is CS(=O)(=O)CCCN1CC(c2cccc(C(F)(F)F)c2)N(c2ccc(Oc3ccc(Cl)cc3)cc2)C1=O. The van der Waals surface area contributed by atoms with Gasteiger partial charge in [-0.3, -0.25) is 4.90 Å². The molecule has 11 heteroatoms. The van der Waals surface area contributed by atoms with Crippen LogP contribution in [-0.2, 0) is 16.0 Å². The number of alkyl halides is 3. The van der Waals surface area contributed by atoms with Crippen molar-refractivity contribution in [3.05, 3.63) is 88.9 Å². The summed E-state index contributed by atoms with van der Waals surface area (Å²) in [6.07, 6.45) is -3.19. The van der Waals surface area contributed by atoms with Gasteiger partial charge < -0.3 is 9.64 Å². The van der Waals surface area contributed by atoms with Crippen LogP contribution < -0.4 is 9.64 Å². The summed E-state index contributed by atoms with van der Waals surface area (Å²) in [7, 11) is -3.22. The van der Waals surface area contributed by atoms with E-state index in [-0.39, 0.29) is 25.3 Å². The molecule has 1 unspecified atom stereocenters. The molecule has 0 aliphatic carbocycles. The minimum Gasteiger partial charge on any atom is -0.457 e. The Morgan fingerprint density at radius 1 is 1.00 bits per heavy atom. The number of urea groups is 1. The molecule has 1 heterocycles. The maximum atomic E-state index is 13.4. The molecule has 4 rings (SSSR count). The molecule has 0 saturated carbocycles. The third-order valence-electron chi connectivity index (χ3n) is 5.89. The summed E-state index contributed by atoms with van der Waals surface area (Å²) < 4.78 is 69.0. The van der Waals surface area contributed by atoms with Crippen LogP contribution in [0, 0.1) is 0 Å². The highest BCUT2D eigenvalue weighted by Gasteiger charge is 2.40. The van der Waals surface area contributed by atoms with E-state index >= 15 is 0 Å². The van der Waals surface area contributed by atoms with Crippen molar-refractivity contribution in [2.45, 2.75) is 18.6 Å². The Bertz CT molecular complexity index is 1360. The second-order valence-corrected chi connectivity index (χ2v) is 11.5. The zero-order valence-corrected chi connectivity index (χ0v) is 21.4. The fourth-order valence-electron chi connectivity index (χ4n) is 4.14. The summed E-state index contributed by atoms with van der Waals surface area (Å²) >= 11 is 5.90. The number of hydrogen-bond donors (Lipinski definition) is 0. The van der Waals surface area contributed by atoms with Crippen LogP contribution in [0.25, 0.3) is 0 Å². The van der Waals surface area contributed by atoms with Crippen molar-refractivity contribution in [3.8, 4) is 11.5 Å². The molecule has 196 valence electrons. The predicted octanol–water partition coefficient (Wildman–Crippen LogP) is 6.57. The Balaban J connectivity index is 1.61. The van der Waals surface area contributed by atoms with Gasteiger partial charge in [0.2, 0.25) is 0 Å². The van der Waals surface area contributed by atoms with Crippen LogP contribution >= 0.6 is 11.6 Å². The van der Waals surface area contributed by atoms with Gasteiger partial charge in [0.05, 0.1) is 17.4 Å². The minimum absolute atomic E-state index is 0.0955. The molecular formula is C26H24ClF3N2O4S. The van der Waals surface area contributed by atoms with E-state index in [2.05, 4.69) is 0 Å². The van der Waals surface area contributed by atoms with Crippen molar-refractivity contribution >= 4 is 33.2 Å². The van der Waals surface area contributed by atoms with Crippen LogP contribution in [0.2, 0.25) is 5.02 Å².